The van der Waals surface area contributed by atoms with Gasteiger partial charge in [0.15, 0.2) is 11.5 Å². The Kier molecular flexibility index (Phi) is 7.31. The first-order valence-electron chi connectivity index (χ1n) is 10.9. The number of anilines is 3. The second kappa shape index (κ2) is 10.7. The fourth-order valence-corrected chi connectivity index (χ4v) is 3.72. The Balaban J connectivity index is 1.41. The molecule has 1 fully saturated rings. The van der Waals surface area contributed by atoms with Crippen molar-refractivity contribution in [1.29, 1.82) is 0 Å². The van der Waals surface area contributed by atoms with Crippen molar-refractivity contribution < 1.29 is 13.9 Å². The first kappa shape index (κ1) is 22.5. The molecule has 0 bridgehead atoms. The van der Waals surface area contributed by atoms with Gasteiger partial charge in [-0.15, -0.1) is 10.2 Å². The number of nitrogens with two attached hydrogens (primary N) is 1. The van der Waals surface area contributed by atoms with Crippen molar-refractivity contribution in [3.63, 3.8) is 0 Å². The minimum atomic E-state index is -0.704. The molecule has 9 heteroatoms. The Hall–Kier alpha value is -3.72. The molecule has 0 atom stereocenters. The van der Waals surface area contributed by atoms with Crippen molar-refractivity contribution in [3.8, 4) is 5.75 Å². The van der Waals surface area contributed by atoms with Crippen LogP contribution in [0.25, 0.3) is 0 Å². The smallest absolute Gasteiger partial charge is 0.271 e. The molecular formula is C24H27FN6O2. The first-order chi connectivity index (χ1) is 16.1. The third-order valence-corrected chi connectivity index (χ3v) is 5.38. The van der Waals surface area contributed by atoms with Gasteiger partial charge in [-0.25, -0.2) is 4.39 Å². The molecule has 2 aromatic carbocycles. The number of primary amides is 1. The van der Waals surface area contributed by atoms with Gasteiger partial charge in [-0.3, -0.25) is 9.69 Å². The van der Waals surface area contributed by atoms with Crippen molar-refractivity contribution in [1.82, 2.24) is 15.1 Å². The molecular weight excluding hydrogens is 423 g/mol. The summed E-state index contributed by atoms with van der Waals surface area (Å²) in [6.07, 6.45) is 2.52. The van der Waals surface area contributed by atoms with Crippen LogP contribution in [0.5, 0.6) is 5.75 Å². The van der Waals surface area contributed by atoms with Crippen molar-refractivity contribution in [2.24, 2.45) is 5.73 Å². The van der Waals surface area contributed by atoms with Crippen LogP contribution < -0.4 is 21.1 Å². The number of amides is 1. The van der Waals surface area contributed by atoms with Gasteiger partial charge < -0.3 is 21.1 Å². The van der Waals surface area contributed by atoms with Gasteiger partial charge in [0.05, 0.1) is 5.69 Å². The number of halogens is 1. The highest BCUT2D eigenvalue weighted by molar-refractivity contribution is 5.96. The lowest BCUT2D eigenvalue weighted by atomic mass is 10.2. The summed E-state index contributed by atoms with van der Waals surface area (Å²) in [6, 6.07) is 15.4. The van der Waals surface area contributed by atoms with Gasteiger partial charge in [0.2, 0.25) is 0 Å². The zero-order valence-corrected chi connectivity index (χ0v) is 18.3. The highest BCUT2D eigenvalue weighted by Gasteiger charge is 2.14. The molecule has 0 radical (unpaired) electrons. The summed E-state index contributed by atoms with van der Waals surface area (Å²) < 4.78 is 19.3. The van der Waals surface area contributed by atoms with Crippen LogP contribution in [0, 0.1) is 5.82 Å². The fraction of sp³-hybridized carbons (Fsp3) is 0.292. The largest absolute Gasteiger partial charge is 0.492 e. The van der Waals surface area contributed by atoms with E-state index in [1.165, 1.54) is 25.0 Å². The van der Waals surface area contributed by atoms with E-state index in [0.29, 0.717) is 24.7 Å². The van der Waals surface area contributed by atoms with Crippen molar-refractivity contribution in [2.75, 3.05) is 36.9 Å². The van der Waals surface area contributed by atoms with E-state index in [9.17, 15) is 9.18 Å². The molecule has 2 heterocycles. The van der Waals surface area contributed by atoms with E-state index in [1.807, 2.05) is 24.3 Å². The Morgan fingerprint density at radius 1 is 1.09 bits per heavy atom. The molecule has 4 N–H and O–H groups in total. The molecule has 1 amide bonds. The van der Waals surface area contributed by atoms with E-state index in [4.69, 9.17) is 10.5 Å². The van der Waals surface area contributed by atoms with Crippen LogP contribution in [0.1, 0.15) is 28.9 Å². The summed E-state index contributed by atoms with van der Waals surface area (Å²) in [5.41, 5.74) is 7.34. The Labute approximate surface area is 192 Å². The number of hydrogen-bond acceptors (Lipinski definition) is 7. The molecule has 8 nitrogen and oxygen atoms in total. The van der Waals surface area contributed by atoms with Gasteiger partial charge in [0, 0.05) is 30.9 Å². The number of nitrogens with one attached hydrogen (secondary N) is 2. The highest BCUT2D eigenvalue weighted by atomic mass is 19.1. The van der Waals surface area contributed by atoms with E-state index in [2.05, 4.69) is 25.7 Å². The van der Waals surface area contributed by atoms with E-state index < -0.39 is 5.91 Å². The maximum absolute atomic E-state index is 13.4. The lowest BCUT2D eigenvalue weighted by molar-refractivity contribution is 0.0995. The van der Waals surface area contributed by atoms with Crippen LogP contribution in [-0.2, 0) is 6.54 Å². The van der Waals surface area contributed by atoms with E-state index in [1.54, 1.807) is 18.2 Å². The molecule has 1 aliphatic heterocycles. The van der Waals surface area contributed by atoms with E-state index in [0.717, 1.165) is 36.6 Å². The van der Waals surface area contributed by atoms with Crippen molar-refractivity contribution in [3.05, 3.63) is 71.7 Å². The van der Waals surface area contributed by atoms with Gasteiger partial charge in [-0.05, 0) is 55.8 Å². The Morgan fingerprint density at radius 3 is 2.70 bits per heavy atom. The zero-order chi connectivity index (χ0) is 23.0. The van der Waals surface area contributed by atoms with Crippen molar-refractivity contribution in [2.45, 2.75) is 19.4 Å². The molecule has 1 aromatic heterocycles. The second-order valence-corrected chi connectivity index (χ2v) is 7.89. The minimum Gasteiger partial charge on any atom is -0.492 e. The molecule has 172 valence electrons. The number of hydrogen-bond donors (Lipinski definition) is 3. The van der Waals surface area contributed by atoms with Gasteiger partial charge in [0.1, 0.15) is 18.2 Å². The number of rotatable bonds is 10. The third kappa shape index (κ3) is 6.39. The number of aromatic nitrogens is 2. The summed E-state index contributed by atoms with van der Waals surface area (Å²) in [7, 11) is 0. The van der Waals surface area contributed by atoms with Crippen LogP contribution in [-0.4, -0.2) is 47.2 Å². The van der Waals surface area contributed by atoms with Gasteiger partial charge >= 0.3 is 0 Å². The highest BCUT2D eigenvalue weighted by Crippen LogP contribution is 2.23. The fourth-order valence-electron chi connectivity index (χ4n) is 3.72. The molecule has 1 saturated heterocycles. The minimum absolute atomic E-state index is 0.0101. The van der Waals surface area contributed by atoms with Crippen LogP contribution in [0.2, 0.25) is 0 Å². The number of carbonyl (C=O) groups excluding carboxylic acids is 1. The SMILES string of the molecule is NC(=O)c1nnc(Nc2cccc(OCCN3CCCC3)c2)cc1NCc1cccc(F)c1. The average molecular weight is 451 g/mol. The predicted molar refractivity (Wildman–Crippen MR) is 125 cm³/mol. The summed E-state index contributed by atoms with van der Waals surface area (Å²) in [6.45, 7) is 4.12. The monoisotopic (exact) mass is 450 g/mol. The number of ether oxygens (including phenoxy) is 1. The molecule has 1 aliphatic rings. The normalized spacial score (nSPS) is 13.6. The summed E-state index contributed by atoms with van der Waals surface area (Å²) in [4.78, 5) is 14.2. The van der Waals surface area contributed by atoms with Crippen LogP contribution in [0.4, 0.5) is 21.6 Å². The molecule has 4 rings (SSSR count). The lowest BCUT2D eigenvalue weighted by Gasteiger charge is -2.15. The Bertz CT molecular complexity index is 1100. The lowest BCUT2D eigenvalue weighted by Crippen LogP contribution is -2.25. The molecule has 3 aromatic rings. The van der Waals surface area contributed by atoms with Crippen LogP contribution >= 0.6 is 0 Å². The quantitative estimate of drug-likeness (QED) is 0.434. The van der Waals surface area contributed by atoms with Gasteiger partial charge in [0.25, 0.3) is 5.91 Å². The van der Waals surface area contributed by atoms with Crippen LogP contribution in [0.3, 0.4) is 0 Å². The maximum atomic E-state index is 13.4. The topological polar surface area (TPSA) is 105 Å². The summed E-state index contributed by atoms with van der Waals surface area (Å²) >= 11 is 0. The first-order valence-corrected chi connectivity index (χ1v) is 10.9. The molecule has 33 heavy (non-hydrogen) atoms. The number of likely N-dealkylation sites (tertiary alicyclic amines) is 1. The number of carbonyl (C=O) groups is 1. The number of benzene rings is 2. The number of nitrogens with zero attached hydrogens (tertiary/aromatic N) is 3. The van der Waals surface area contributed by atoms with Crippen molar-refractivity contribution >= 4 is 23.1 Å². The summed E-state index contributed by atoms with van der Waals surface area (Å²) in [5.74, 6) is 0.146. The Morgan fingerprint density at radius 2 is 1.91 bits per heavy atom. The molecule has 0 saturated carbocycles. The second-order valence-electron chi connectivity index (χ2n) is 7.89. The van der Waals surface area contributed by atoms with Gasteiger partial charge in [-0.2, -0.15) is 0 Å². The molecule has 0 unspecified atom stereocenters. The zero-order valence-electron chi connectivity index (χ0n) is 18.3. The third-order valence-electron chi connectivity index (χ3n) is 5.38. The average Bonchev–Trinajstić information content (AvgIpc) is 3.32. The van der Waals surface area contributed by atoms with Gasteiger partial charge in [-0.1, -0.05) is 18.2 Å². The predicted octanol–water partition coefficient (Wildman–Crippen LogP) is 3.54. The van der Waals surface area contributed by atoms with E-state index in [-0.39, 0.29) is 11.5 Å². The molecule has 0 spiro atoms. The standard InChI is InChI=1S/C24H27FN6O2/c25-18-6-3-5-17(13-18)16-27-21-15-22(29-30-23(21)24(26)32)28-19-7-4-8-20(14-19)33-12-11-31-9-1-2-10-31/h3-8,13-15H,1-2,9-12,16H2,(H2,26,32)(H2,27,28,29). The molecule has 0 aliphatic carbocycles. The van der Waals surface area contributed by atoms with Crippen LogP contribution in [0.15, 0.2) is 54.6 Å². The maximum Gasteiger partial charge on any atom is 0.271 e. The summed E-state index contributed by atoms with van der Waals surface area (Å²) in [5, 5.41) is 14.3. The van der Waals surface area contributed by atoms with E-state index >= 15 is 0 Å².